The molecule has 0 aromatic heterocycles. The van der Waals surface area contributed by atoms with Gasteiger partial charge in [0.15, 0.2) is 4.90 Å². The SMILES string of the molecule is CCCNCCNS(=O)(=O)c1ccc(Br)cc1[N+](=O)[O-]. The standard InChI is InChI=1S/C11H16BrN3O4S/c1-2-5-13-6-7-14-20(18,19)11-4-3-9(12)8-10(11)15(16)17/h3-4,8,13-14H,2,5-7H2,1H3. The maximum Gasteiger partial charge on any atom is 0.290 e. The second-order valence-electron chi connectivity index (χ2n) is 4.02. The number of hydrogen-bond donors (Lipinski definition) is 2. The van der Waals surface area contributed by atoms with Crippen LogP contribution in [0.4, 0.5) is 5.69 Å². The predicted octanol–water partition coefficient (Wildman–Crippen LogP) is 1.64. The minimum absolute atomic E-state index is 0.176. The third-order valence-electron chi connectivity index (χ3n) is 2.43. The number of benzene rings is 1. The molecule has 0 amide bonds. The summed E-state index contributed by atoms with van der Waals surface area (Å²) in [4.78, 5) is 9.87. The van der Waals surface area contributed by atoms with Crippen LogP contribution in [0, 0.1) is 10.1 Å². The molecule has 0 heterocycles. The van der Waals surface area contributed by atoms with Gasteiger partial charge in [-0.25, -0.2) is 13.1 Å². The summed E-state index contributed by atoms with van der Waals surface area (Å²) in [7, 11) is -3.89. The molecule has 0 atom stereocenters. The van der Waals surface area contributed by atoms with Gasteiger partial charge in [0, 0.05) is 23.6 Å². The number of nitrogens with zero attached hydrogens (tertiary/aromatic N) is 1. The van der Waals surface area contributed by atoms with Crippen LogP contribution in [0.2, 0.25) is 0 Å². The first-order chi connectivity index (χ1) is 9.38. The maximum atomic E-state index is 12.0. The van der Waals surface area contributed by atoms with Crippen LogP contribution in [-0.2, 0) is 10.0 Å². The Kier molecular flexibility index (Phi) is 6.53. The van der Waals surface area contributed by atoms with E-state index >= 15 is 0 Å². The molecule has 0 fully saturated rings. The van der Waals surface area contributed by atoms with Crippen LogP contribution in [-0.4, -0.2) is 33.0 Å². The lowest BCUT2D eigenvalue weighted by Gasteiger charge is -2.08. The first kappa shape index (κ1) is 17.0. The molecule has 1 aromatic carbocycles. The largest absolute Gasteiger partial charge is 0.315 e. The highest BCUT2D eigenvalue weighted by Crippen LogP contribution is 2.27. The van der Waals surface area contributed by atoms with Crippen molar-refractivity contribution in [3.05, 3.63) is 32.8 Å². The lowest BCUT2D eigenvalue weighted by molar-refractivity contribution is -0.387. The van der Waals surface area contributed by atoms with Gasteiger partial charge in [-0.05, 0) is 25.1 Å². The zero-order valence-corrected chi connectivity index (χ0v) is 13.3. The second kappa shape index (κ2) is 7.67. The second-order valence-corrected chi connectivity index (χ2v) is 6.67. The molecule has 0 aliphatic rings. The molecule has 0 radical (unpaired) electrons. The third kappa shape index (κ3) is 4.82. The van der Waals surface area contributed by atoms with Gasteiger partial charge in [0.05, 0.1) is 4.92 Å². The van der Waals surface area contributed by atoms with E-state index in [0.717, 1.165) is 13.0 Å². The summed E-state index contributed by atoms with van der Waals surface area (Å²) >= 11 is 3.08. The zero-order chi connectivity index (χ0) is 15.2. The van der Waals surface area contributed by atoms with Crippen molar-refractivity contribution in [3.63, 3.8) is 0 Å². The van der Waals surface area contributed by atoms with Gasteiger partial charge in [-0.2, -0.15) is 0 Å². The molecule has 0 saturated carbocycles. The molecule has 0 bridgehead atoms. The molecule has 0 aliphatic carbocycles. The summed E-state index contributed by atoms with van der Waals surface area (Å²) in [5.74, 6) is 0. The number of rotatable bonds is 8. The van der Waals surface area contributed by atoms with Gasteiger partial charge in [0.25, 0.3) is 5.69 Å². The van der Waals surface area contributed by atoms with E-state index in [0.29, 0.717) is 11.0 Å². The first-order valence-electron chi connectivity index (χ1n) is 6.03. The first-order valence-corrected chi connectivity index (χ1v) is 8.30. The Hall–Kier alpha value is -1.03. The summed E-state index contributed by atoms with van der Waals surface area (Å²) in [5, 5.41) is 14.0. The van der Waals surface area contributed by atoms with Crippen molar-refractivity contribution >= 4 is 31.6 Å². The van der Waals surface area contributed by atoms with Crippen molar-refractivity contribution < 1.29 is 13.3 Å². The van der Waals surface area contributed by atoms with Gasteiger partial charge in [0.2, 0.25) is 10.0 Å². The Morgan fingerprint density at radius 1 is 1.30 bits per heavy atom. The van der Waals surface area contributed by atoms with Gasteiger partial charge in [-0.3, -0.25) is 10.1 Å². The van der Waals surface area contributed by atoms with E-state index in [4.69, 9.17) is 0 Å². The molecule has 9 heteroatoms. The molecule has 0 saturated heterocycles. The summed E-state index contributed by atoms with van der Waals surface area (Å²) < 4.78 is 26.9. The molecule has 2 N–H and O–H groups in total. The fraction of sp³-hybridized carbons (Fsp3) is 0.455. The molecule has 1 aromatic rings. The molecule has 7 nitrogen and oxygen atoms in total. The fourth-order valence-electron chi connectivity index (χ4n) is 1.51. The normalized spacial score (nSPS) is 11.5. The maximum absolute atomic E-state index is 12.0. The van der Waals surface area contributed by atoms with E-state index in [1.165, 1.54) is 18.2 Å². The number of sulfonamides is 1. The van der Waals surface area contributed by atoms with Gasteiger partial charge in [0.1, 0.15) is 0 Å². The van der Waals surface area contributed by atoms with E-state index in [9.17, 15) is 18.5 Å². The number of halogens is 1. The van der Waals surface area contributed by atoms with E-state index in [1.807, 2.05) is 6.92 Å². The highest BCUT2D eigenvalue weighted by Gasteiger charge is 2.25. The number of hydrogen-bond acceptors (Lipinski definition) is 5. The van der Waals surface area contributed by atoms with Crippen molar-refractivity contribution in [1.29, 1.82) is 0 Å². The van der Waals surface area contributed by atoms with Crippen LogP contribution in [0.3, 0.4) is 0 Å². The summed E-state index contributed by atoms with van der Waals surface area (Å²) in [6, 6.07) is 3.84. The lowest BCUT2D eigenvalue weighted by atomic mass is 10.3. The smallest absolute Gasteiger partial charge is 0.290 e. The molecule has 0 aliphatic heterocycles. The van der Waals surface area contributed by atoms with E-state index in [-0.39, 0.29) is 11.4 Å². The summed E-state index contributed by atoms with van der Waals surface area (Å²) in [6.07, 6.45) is 0.949. The Balaban J connectivity index is 2.84. The molecule has 112 valence electrons. The highest BCUT2D eigenvalue weighted by atomic mass is 79.9. The van der Waals surface area contributed by atoms with Crippen molar-refractivity contribution in [1.82, 2.24) is 10.0 Å². The predicted molar refractivity (Wildman–Crippen MR) is 79.1 cm³/mol. The van der Waals surface area contributed by atoms with Crippen molar-refractivity contribution in [2.45, 2.75) is 18.2 Å². The molecular weight excluding hydrogens is 350 g/mol. The van der Waals surface area contributed by atoms with Crippen molar-refractivity contribution in [2.75, 3.05) is 19.6 Å². The van der Waals surface area contributed by atoms with Crippen LogP contribution >= 0.6 is 15.9 Å². The molecule has 0 unspecified atom stereocenters. The number of nitro groups is 1. The fourth-order valence-corrected chi connectivity index (χ4v) is 3.05. The van der Waals surface area contributed by atoms with Crippen molar-refractivity contribution in [3.8, 4) is 0 Å². The Labute approximate surface area is 126 Å². The summed E-state index contributed by atoms with van der Waals surface area (Å²) in [6.45, 7) is 3.44. The molecule has 20 heavy (non-hydrogen) atoms. The van der Waals surface area contributed by atoms with Crippen LogP contribution in [0.1, 0.15) is 13.3 Å². The number of nitrogens with one attached hydrogen (secondary N) is 2. The Bertz CT molecular complexity index is 577. The highest BCUT2D eigenvalue weighted by molar-refractivity contribution is 9.10. The quantitative estimate of drug-likeness (QED) is 0.414. The zero-order valence-electron chi connectivity index (χ0n) is 10.9. The van der Waals surface area contributed by atoms with E-state index in [1.54, 1.807) is 0 Å². The summed E-state index contributed by atoms with van der Waals surface area (Å²) in [5.41, 5.74) is -0.451. The Morgan fingerprint density at radius 3 is 2.60 bits per heavy atom. The lowest BCUT2D eigenvalue weighted by Crippen LogP contribution is -2.32. The van der Waals surface area contributed by atoms with Gasteiger partial charge < -0.3 is 5.32 Å². The van der Waals surface area contributed by atoms with Crippen LogP contribution in [0.5, 0.6) is 0 Å². The van der Waals surface area contributed by atoms with E-state index in [2.05, 4.69) is 26.0 Å². The van der Waals surface area contributed by atoms with Crippen LogP contribution < -0.4 is 10.0 Å². The van der Waals surface area contributed by atoms with Gasteiger partial charge in [-0.15, -0.1) is 0 Å². The topological polar surface area (TPSA) is 101 Å². The van der Waals surface area contributed by atoms with E-state index < -0.39 is 20.6 Å². The number of nitro benzene ring substituents is 1. The minimum Gasteiger partial charge on any atom is -0.315 e. The van der Waals surface area contributed by atoms with Gasteiger partial charge in [-0.1, -0.05) is 22.9 Å². The van der Waals surface area contributed by atoms with Gasteiger partial charge >= 0.3 is 0 Å². The minimum atomic E-state index is -3.89. The average molecular weight is 366 g/mol. The molecule has 1 rings (SSSR count). The van der Waals surface area contributed by atoms with Crippen LogP contribution in [0.25, 0.3) is 0 Å². The monoisotopic (exact) mass is 365 g/mol. The Morgan fingerprint density at radius 2 is 2.00 bits per heavy atom. The van der Waals surface area contributed by atoms with Crippen LogP contribution in [0.15, 0.2) is 27.6 Å². The average Bonchev–Trinajstić information content (AvgIpc) is 2.38. The molecular formula is C11H16BrN3O4S. The third-order valence-corrected chi connectivity index (χ3v) is 4.43. The van der Waals surface area contributed by atoms with Crippen molar-refractivity contribution in [2.24, 2.45) is 0 Å². The molecule has 0 spiro atoms.